The van der Waals surface area contributed by atoms with E-state index in [1.54, 1.807) is 7.11 Å². The van der Waals surface area contributed by atoms with Crippen molar-refractivity contribution in [1.29, 1.82) is 0 Å². The van der Waals surface area contributed by atoms with E-state index < -0.39 is 0 Å². The van der Waals surface area contributed by atoms with E-state index in [9.17, 15) is 4.79 Å². The van der Waals surface area contributed by atoms with E-state index in [4.69, 9.17) is 14.5 Å². The lowest BCUT2D eigenvalue weighted by Crippen LogP contribution is -2.28. The van der Waals surface area contributed by atoms with Gasteiger partial charge in [0.25, 0.3) is 0 Å². The van der Waals surface area contributed by atoms with Gasteiger partial charge in [0.2, 0.25) is 5.91 Å². The topological polar surface area (TPSA) is 65.4 Å². The number of para-hydroxylation sites is 2. The van der Waals surface area contributed by atoms with Crippen LogP contribution in [0.15, 0.2) is 48.5 Å². The van der Waals surface area contributed by atoms with Gasteiger partial charge in [0, 0.05) is 12.5 Å². The molecule has 0 aliphatic rings. The van der Waals surface area contributed by atoms with Gasteiger partial charge in [0.1, 0.15) is 5.82 Å². The van der Waals surface area contributed by atoms with Crippen LogP contribution in [0.1, 0.15) is 38.6 Å². The van der Waals surface area contributed by atoms with Crippen molar-refractivity contribution < 1.29 is 14.3 Å². The summed E-state index contributed by atoms with van der Waals surface area (Å²) in [6, 6.07) is 13.9. The molecule has 164 valence electrons. The molecule has 0 unspecified atom stereocenters. The summed E-state index contributed by atoms with van der Waals surface area (Å²) in [6.45, 7) is 7.45. The molecule has 0 fully saturated rings. The number of methoxy groups -OCH3 is 1. The minimum Gasteiger partial charge on any atom is -0.493 e. The highest BCUT2D eigenvalue weighted by Crippen LogP contribution is 2.28. The quantitative estimate of drug-likeness (QED) is 0.477. The third-order valence-corrected chi connectivity index (χ3v) is 5.01. The molecule has 3 rings (SSSR count). The Hall–Kier alpha value is -3.28. The van der Waals surface area contributed by atoms with E-state index in [0.29, 0.717) is 13.2 Å². The van der Waals surface area contributed by atoms with Crippen LogP contribution in [0.4, 0.5) is 0 Å². The second-order valence-electron chi connectivity index (χ2n) is 7.65. The molecule has 0 aliphatic carbocycles. The van der Waals surface area contributed by atoms with Crippen LogP contribution < -0.4 is 14.8 Å². The van der Waals surface area contributed by atoms with E-state index in [1.807, 2.05) is 69.3 Å². The molecule has 1 N–H and O–H groups in total. The van der Waals surface area contributed by atoms with Gasteiger partial charge in [0.05, 0.1) is 31.3 Å². The molecule has 31 heavy (non-hydrogen) atoms. The summed E-state index contributed by atoms with van der Waals surface area (Å²) >= 11 is 0. The maximum atomic E-state index is 12.0. The molecule has 0 atom stereocenters. The molecule has 1 aromatic heterocycles. The van der Waals surface area contributed by atoms with Crippen molar-refractivity contribution >= 4 is 23.0 Å². The minimum absolute atomic E-state index is 0.0235. The Labute approximate surface area is 183 Å². The van der Waals surface area contributed by atoms with Crippen LogP contribution in [-0.2, 0) is 17.9 Å². The molecule has 0 bridgehead atoms. The van der Waals surface area contributed by atoms with Crippen molar-refractivity contribution in [3.63, 3.8) is 0 Å². The molecule has 6 nitrogen and oxygen atoms in total. The number of carbonyl (C=O) groups is 1. The second-order valence-corrected chi connectivity index (χ2v) is 7.65. The fourth-order valence-electron chi connectivity index (χ4n) is 3.38. The first kappa shape index (κ1) is 22.4. The van der Waals surface area contributed by atoms with E-state index >= 15 is 0 Å². The van der Waals surface area contributed by atoms with Gasteiger partial charge in [-0.1, -0.05) is 44.2 Å². The predicted octanol–water partition coefficient (Wildman–Crippen LogP) is 4.82. The van der Waals surface area contributed by atoms with Crippen LogP contribution in [0.2, 0.25) is 0 Å². The lowest BCUT2D eigenvalue weighted by Gasteiger charge is -2.13. The fourth-order valence-corrected chi connectivity index (χ4v) is 3.38. The van der Waals surface area contributed by atoms with Gasteiger partial charge in [-0.15, -0.1) is 0 Å². The lowest BCUT2D eigenvalue weighted by atomic mass is 10.2. The van der Waals surface area contributed by atoms with Crippen LogP contribution >= 0.6 is 0 Å². The van der Waals surface area contributed by atoms with Crippen LogP contribution in [0.25, 0.3) is 17.1 Å². The normalized spacial score (nSPS) is 11.4. The lowest BCUT2D eigenvalue weighted by molar-refractivity contribution is -0.124. The van der Waals surface area contributed by atoms with Crippen LogP contribution in [0.5, 0.6) is 11.5 Å². The van der Waals surface area contributed by atoms with Crippen molar-refractivity contribution in [2.75, 3.05) is 13.7 Å². The number of imidazole rings is 1. The Balaban J connectivity index is 1.66. The maximum Gasteiger partial charge on any atom is 0.222 e. The van der Waals surface area contributed by atoms with Crippen molar-refractivity contribution in [2.45, 2.75) is 40.3 Å². The Bertz CT molecular complexity index is 1050. The highest BCUT2D eigenvalue weighted by atomic mass is 16.5. The van der Waals surface area contributed by atoms with Crippen LogP contribution in [-0.4, -0.2) is 29.2 Å². The maximum absolute atomic E-state index is 12.0. The minimum atomic E-state index is -0.0552. The van der Waals surface area contributed by atoms with Gasteiger partial charge in [-0.25, -0.2) is 4.98 Å². The number of aromatic nitrogens is 2. The Kier molecular flexibility index (Phi) is 7.70. The average Bonchev–Trinajstić information content (AvgIpc) is 3.13. The van der Waals surface area contributed by atoms with Crippen LogP contribution in [0.3, 0.4) is 0 Å². The summed E-state index contributed by atoms with van der Waals surface area (Å²) in [5, 5.41) is 2.97. The smallest absolute Gasteiger partial charge is 0.222 e. The Morgan fingerprint density at radius 3 is 2.74 bits per heavy atom. The largest absolute Gasteiger partial charge is 0.493 e. The molecule has 1 heterocycles. The summed E-state index contributed by atoms with van der Waals surface area (Å²) in [4.78, 5) is 16.7. The van der Waals surface area contributed by atoms with Gasteiger partial charge in [-0.05, 0) is 43.2 Å². The molecule has 3 aromatic rings. The standard InChI is InChI=1S/C25H31N3O3/c1-5-9-19-12-13-22(23(16-19)30-4)31-15-8-14-28-21-11-7-6-10-20(21)27-24(28)17-26-25(29)18(2)3/h5-7,9-13,16,18H,8,14-15,17H2,1-4H3,(H,26,29)/b9-5+. The number of hydrogen-bond donors (Lipinski definition) is 1. The molecule has 1 amide bonds. The highest BCUT2D eigenvalue weighted by Gasteiger charge is 2.13. The molecular formula is C25H31N3O3. The van der Waals surface area contributed by atoms with Gasteiger partial charge in [-0.3, -0.25) is 4.79 Å². The predicted molar refractivity (Wildman–Crippen MR) is 124 cm³/mol. The van der Waals surface area contributed by atoms with E-state index in [0.717, 1.165) is 46.9 Å². The number of hydrogen-bond acceptors (Lipinski definition) is 4. The van der Waals surface area contributed by atoms with E-state index in [-0.39, 0.29) is 11.8 Å². The molecule has 0 saturated heterocycles. The number of ether oxygens (including phenoxy) is 2. The zero-order valence-electron chi connectivity index (χ0n) is 18.7. The first-order valence-electron chi connectivity index (χ1n) is 10.7. The van der Waals surface area contributed by atoms with E-state index in [1.165, 1.54) is 0 Å². The van der Waals surface area contributed by atoms with Gasteiger partial charge in [-0.2, -0.15) is 0 Å². The molecule has 0 radical (unpaired) electrons. The first-order chi connectivity index (χ1) is 15.0. The number of aryl methyl sites for hydroxylation is 1. The van der Waals surface area contributed by atoms with Crippen molar-refractivity contribution in [2.24, 2.45) is 5.92 Å². The van der Waals surface area contributed by atoms with Crippen molar-refractivity contribution in [3.05, 3.63) is 59.9 Å². The third-order valence-electron chi connectivity index (χ3n) is 5.01. The van der Waals surface area contributed by atoms with Gasteiger partial charge in [0.15, 0.2) is 11.5 Å². The van der Waals surface area contributed by atoms with Gasteiger partial charge >= 0.3 is 0 Å². The number of fused-ring (bicyclic) bond motifs is 1. The third kappa shape index (κ3) is 5.66. The summed E-state index contributed by atoms with van der Waals surface area (Å²) in [5.74, 6) is 2.27. The van der Waals surface area contributed by atoms with Crippen molar-refractivity contribution in [3.8, 4) is 11.5 Å². The summed E-state index contributed by atoms with van der Waals surface area (Å²) in [5.41, 5.74) is 3.06. The number of nitrogens with zero attached hydrogens (tertiary/aromatic N) is 2. The molecular weight excluding hydrogens is 390 g/mol. The molecule has 2 aromatic carbocycles. The number of amides is 1. The Morgan fingerprint density at radius 2 is 2.00 bits per heavy atom. The molecule has 6 heteroatoms. The summed E-state index contributed by atoms with van der Waals surface area (Å²) in [7, 11) is 1.65. The number of carbonyl (C=O) groups excluding carboxylic acids is 1. The number of benzene rings is 2. The highest BCUT2D eigenvalue weighted by molar-refractivity contribution is 5.78. The second kappa shape index (κ2) is 10.7. The molecule has 0 saturated carbocycles. The average molecular weight is 422 g/mol. The summed E-state index contributed by atoms with van der Waals surface area (Å²) in [6.07, 6.45) is 4.81. The Morgan fingerprint density at radius 1 is 1.19 bits per heavy atom. The SMILES string of the molecule is C/C=C/c1ccc(OCCCn2c(CNC(=O)C(C)C)nc3ccccc32)c(OC)c1. The number of nitrogens with one attached hydrogen (secondary N) is 1. The fraction of sp³-hybridized carbons (Fsp3) is 0.360. The number of rotatable bonds is 10. The molecule has 0 aliphatic heterocycles. The van der Waals surface area contributed by atoms with Crippen molar-refractivity contribution in [1.82, 2.24) is 14.9 Å². The zero-order valence-corrected chi connectivity index (χ0v) is 18.7. The first-order valence-corrected chi connectivity index (χ1v) is 10.7. The zero-order chi connectivity index (χ0) is 22.2. The monoisotopic (exact) mass is 421 g/mol. The number of allylic oxidation sites excluding steroid dienone is 1. The van der Waals surface area contributed by atoms with E-state index in [2.05, 4.69) is 16.0 Å². The summed E-state index contributed by atoms with van der Waals surface area (Å²) < 4.78 is 13.6. The molecule has 0 spiro atoms. The van der Waals surface area contributed by atoms with Crippen LogP contribution in [0, 0.1) is 5.92 Å². The van der Waals surface area contributed by atoms with Gasteiger partial charge < -0.3 is 19.4 Å².